The predicted molar refractivity (Wildman–Crippen MR) is 118 cm³/mol. The molecule has 0 saturated carbocycles. The van der Waals surface area contributed by atoms with Crippen molar-refractivity contribution in [2.45, 2.75) is 19.2 Å². The van der Waals surface area contributed by atoms with Crippen molar-refractivity contribution in [3.05, 3.63) is 64.2 Å². The van der Waals surface area contributed by atoms with Gasteiger partial charge < -0.3 is 13.9 Å². The van der Waals surface area contributed by atoms with E-state index in [0.29, 0.717) is 6.54 Å². The van der Waals surface area contributed by atoms with Crippen LogP contribution in [0.15, 0.2) is 47.5 Å². The van der Waals surface area contributed by atoms with Gasteiger partial charge in [-0.25, -0.2) is 0 Å². The number of ether oxygens (including phenoxy) is 1. The second-order valence-corrected chi connectivity index (χ2v) is 8.32. The minimum absolute atomic E-state index is 0.0295. The monoisotopic (exact) mass is 389 g/mol. The SMILES string of the molecule is O=C1C=CC=c2c1c1c3c(c4c5ccc6cc5n5c4c1n2C/C=C\C(C5)O6)C=NC=3. The van der Waals surface area contributed by atoms with E-state index in [9.17, 15) is 4.79 Å². The van der Waals surface area contributed by atoms with Crippen molar-refractivity contribution in [3.8, 4) is 5.75 Å². The van der Waals surface area contributed by atoms with E-state index >= 15 is 0 Å². The van der Waals surface area contributed by atoms with Gasteiger partial charge in [0.15, 0.2) is 5.78 Å². The highest BCUT2D eigenvalue weighted by Gasteiger charge is 2.30. The lowest BCUT2D eigenvalue weighted by molar-refractivity contribution is 0.104. The third-order valence-electron chi connectivity index (χ3n) is 6.84. The molecule has 5 heterocycles. The second kappa shape index (κ2) is 4.82. The molecule has 5 heteroatoms. The van der Waals surface area contributed by atoms with E-state index in [1.165, 1.54) is 21.8 Å². The van der Waals surface area contributed by atoms with Gasteiger partial charge in [-0.1, -0.05) is 12.2 Å². The average molecular weight is 389 g/mol. The highest BCUT2D eigenvalue weighted by molar-refractivity contribution is 6.27. The van der Waals surface area contributed by atoms with Crippen LogP contribution in [0.3, 0.4) is 0 Å². The number of ketones is 1. The number of aliphatic imine (C=N–C) groups is 1. The average Bonchev–Trinajstić information content (AvgIpc) is 3.40. The van der Waals surface area contributed by atoms with Crippen LogP contribution in [0.1, 0.15) is 15.9 Å². The smallest absolute Gasteiger partial charge is 0.188 e. The number of rotatable bonds is 0. The maximum absolute atomic E-state index is 13.0. The van der Waals surface area contributed by atoms with E-state index in [0.717, 1.165) is 44.9 Å². The molecule has 0 amide bonds. The van der Waals surface area contributed by atoms with E-state index in [-0.39, 0.29) is 11.9 Å². The van der Waals surface area contributed by atoms with E-state index in [4.69, 9.17) is 4.74 Å². The Morgan fingerprint density at radius 1 is 1.13 bits per heavy atom. The Morgan fingerprint density at radius 3 is 3.03 bits per heavy atom. The van der Waals surface area contributed by atoms with Gasteiger partial charge in [0.2, 0.25) is 0 Å². The first-order chi connectivity index (χ1) is 14.8. The van der Waals surface area contributed by atoms with Crippen LogP contribution in [-0.4, -0.2) is 27.2 Å². The molecule has 2 aromatic heterocycles. The Kier molecular flexibility index (Phi) is 2.42. The van der Waals surface area contributed by atoms with Crippen molar-refractivity contribution >= 4 is 57.0 Å². The van der Waals surface area contributed by atoms with E-state index in [1.54, 1.807) is 6.08 Å². The molecule has 4 bridgehead atoms. The van der Waals surface area contributed by atoms with Gasteiger partial charge in [-0.05, 0) is 30.4 Å². The van der Waals surface area contributed by atoms with Crippen LogP contribution in [0.5, 0.6) is 5.75 Å². The summed E-state index contributed by atoms with van der Waals surface area (Å²) in [5.74, 6) is 0.962. The molecule has 3 aliphatic heterocycles. The molecule has 30 heavy (non-hydrogen) atoms. The number of allylic oxidation sites excluding steroid dienone is 3. The van der Waals surface area contributed by atoms with Crippen molar-refractivity contribution < 1.29 is 9.53 Å². The fourth-order valence-corrected chi connectivity index (χ4v) is 5.71. The van der Waals surface area contributed by atoms with Gasteiger partial charge >= 0.3 is 0 Å². The van der Waals surface area contributed by atoms with Gasteiger partial charge in [0.25, 0.3) is 0 Å². The molecule has 1 unspecified atom stereocenters. The number of aromatic nitrogens is 2. The first kappa shape index (κ1) is 15.0. The standard InChI is InChI=1S/C25H15N3O2/c29-20-5-1-4-18-23(20)22-17-11-26-10-16(17)21-15-7-6-13-9-19(15)28-12-14(30-13)3-2-8-27(18)25(22)24(21)28/h1-7,9-11,14H,8,12H2/b3-2-. The third-order valence-corrected chi connectivity index (χ3v) is 6.84. The molecule has 5 nitrogen and oxygen atoms in total. The van der Waals surface area contributed by atoms with Gasteiger partial charge in [0, 0.05) is 52.0 Å². The Morgan fingerprint density at radius 2 is 2.07 bits per heavy atom. The summed E-state index contributed by atoms with van der Waals surface area (Å²) in [5.41, 5.74) is 5.37. The van der Waals surface area contributed by atoms with Gasteiger partial charge in [-0.15, -0.1) is 0 Å². The molecule has 0 fully saturated rings. The molecule has 0 radical (unpaired) electrons. The van der Waals surface area contributed by atoms with E-state index < -0.39 is 0 Å². The summed E-state index contributed by atoms with van der Waals surface area (Å²) in [6, 6.07) is 6.37. The molecule has 4 aromatic rings. The summed E-state index contributed by atoms with van der Waals surface area (Å²) < 4.78 is 10.9. The summed E-state index contributed by atoms with van der Waals surface area (Å²) in [7, 11) is 0. The maximum atomic E-state index is 13.0. The molecule has 8 rings (SSSR count). The molecular weight excluding hydrogens is 374 g/mol. The minimum Gasteiger partial charge on any atom is -0.484 e. The molecule has 0 spiro atoms. The number of hydrogen-bond acceptors (Lipinski definition) is 3. The molecule has 1 aliphatic carbocycles. The predicted octanol–water partition coefficient (Wildman–Crippen LogP) is 2.78. The zero-order valence-electron chi connectivity index (χ0n) is 15.9. The number of benzene rings is 2. The quantitative estimate of drug-likeness (QED) is 0.434. The molecule has 2 aromatic carbocycles. The Balaban J connectivity index is 1.79. The number of carbonyl (C=O) groups excluding carboxylic acids is 1. The molecular formula is C25H15N3O2. The Labute approximate surface area is 170 Å². The van der Waals surface area contributed by atoms with Crippen molar-refractivity contribution in [2.24, 2.45) is 4.99 Å². The fourth-order valence-electron chi connectivity index (χ4n) is 5.71. The largest absolute Gasteiger partial charge is 0.484 e. The van der Waals surface area contributed by atoms with Crippen LogP contribution in [-0.2, 0) is 13.1 Å². The number of hydrogen-bond donors (Lipinski definition) is 0. The topological polar surface area (TPSA) is 48.5 Å². The van der Waals surface area contributed by atoms with Gasteiger partial charge in [0.1, 0.15) is 11.9 Å². The second-order valence-electron chi connectivity index (χ2n) is 8.32. The van der Waals surface area contributed by atoms with Crippen LogP contribution in [0, 0.1) is 0 Å². The maximum Gasteiger partial charge on any atom is 0.188 e. The number of nitrogens with zero attached hydrogens (tertiary/aromatic N) is 3. The van der Waals surface area contributed by atoms with Crippen LogP contribution < -0.4 is 15.3 Å². The zero-order chi connectivity index (χ0) is 19.6. The molecule has 0 saturated heterocycles. The fraction of sp³-hybridized carbons (Fsp3) is 0.120. The van der Waals surface area contributed by atoms with Crippen molar-refractivity contribution in [3.63, 3.8) is 0 Å². The lowest BCUT2D eigenvalue weighted by atomic mass is 9.98. The molecule has 142 valence electrons. The molecule has 4 aliphatic rings. The van der Waals surface area contributed by atoms with Crippen LogP contribution >= 0.6 is 0 Å². The lowest BCUT2D eigenvalue weighted by Crippen LogP contribution is -2.23. The molecule has 0 N–H and O–H groups in total. The minimum atomic E-state index is -0.0295. The van der Waals surface area contributed by atoms with Gasteiger partial charge in [0.05, 0.1) is 34.0 Å². The van der Waals surface area contributed by atoms with Crippen LogP contribution in [0.2, 0.25) is 0 Å². The summed E-state index contributed by atoms with van der Waals surface area (Å²) in [4.78, 5) is 17.6. The Hall–Kier alpha value is -3.86. The van der Waals surface area contributed by atoms with Gasteiger partial charge in [-0.2, -0.15) is 0 Å². The summed E-state index contributed by atoms with van der Waals surface area (Å²) in [6.07, 6.45) is 13.7. The van der Waals surface area contributed by atoms with Crippen LogP contribution in [0.25, 0.3) is 45.0 Å². The Bertz CT molecular complexity index is 1740. The zero-order valence-corrected chi connectivity index (χ0v) is 15.9. The van der Waals surface area contributed by atoms with Crippen molar-refractivity contribution in [1.82, 2.24) is 9.13 Å². The number of carbonyl (C=O) groups is 1. The van der Waals surface area contributed by atoms with Gasteiger partial charge in [-0.3, -0.25) is 9.79 Å². The summed E-state index contributed by atoms with van der Waals surface area (Å²) >= 11 is 0. The van der Waals surface area contributed by atoms with E-state index in [1.807, 2.05) is 18.5 Å². The first-order valence-electron chi connectivity index (χ1n) is 10.2. The van der Waals surface area contributed by atoms with Crippen molar-refractivity contribution in [1.29, 1.82) is 0 Å². The highest BCUT2D eigenvalue weighted by atomic mass is 16.5. The lowest BCUT2D eigenvalue weighted by Gasteiger charge is -2.15. The third kappa shape index (κ3) is 1.56. The highest BCUT2D eigenvalue weighted by Crippen LogP contribution is 2.40. The summed E-state index contributed by atoms with van der Waals surface area (Å²) in [6.45, 7) is 1.44. The van der Waals surface area contributed by atoms with Crippen LogP contribution in [0.4, 0.5) is 0 Å². The summed E-state index contributed by atoms with van der Waals surface area (Å²) in [5, 5.41) is 5.48. The normalized spacial score (nSPS) is 20.9. The number of fused-ring (bicyclic) bond motifs is 9. The molecule has 1 atom stereocenters. The first-order valence-corrected chi connectivity index (χ1v) is 10.2. The van der Waals surface area contributed by atoms with Crippen molar-refractivity contribution in [2.75, 3.05) is 0 Å². The van der Waals surface area contributed by atoms with E-state index in [2.05, 4.69) is 50.6 Å².